The number of pyridine rings is 1. The van der Waals surface area contributed by atoms with Crippen LogP contribution in [0.15, 0.2) is 67.0 Å². The van der Waals surface area contributed by atoms with Gasteiger partial charge in [-0.05, 0) is 91.4 Å². The first-order chi connectivity index (χ1) is 17.0. The van der Waals surface area contributed by atoms with Crippen LogP contribution in [0.2, 0.25) is 0 Å². The first-order valence-electron chi connectivity index (χ1n) is 12.1. The number of hydrogen-bond acceptors (Lipinski definition) is 2. The standard InChI is InChI=1S/C31H28N4/c1-5-35-30-9-7-22(15-26(30)28-17-33-11-10-31(28)35)24-13-18(2)23(12-19(24)3)21-6-8-29-25(14-21)27(16-32)20(4)34-29/h6-17,32,34H,5H2,1-4H3. The molecule has 35 heavy (non-hydrogen) atoms. The number of aromatic nitrogens is 3. The minimum atomic E-state index is 0.931. The van der Waals surface area contributed by atoms with Crippen molar-refractivity contribution in [1.82, 2.24) is 14.5 Å². The van der Waals surface area contributed by atoms with E-state index >= 15 is 0 Å². The smallest absolute Gasteiger partial charge is 0.0522 e. The highest BCUT2D eigenvalue weighted by Gasteiger charge is 2.14. The van der Waals surface area contributed by atoms with Crippen LogP contribution in [0.1, 0.15) is 29.3 Å². The SMILES string of the molecule is CCn1c2ccncc2c2cc(-c3cc(C)c(-c4ccc5[nH]c(C)c(C=N)c5c4)cc3C)ccc21. The molecule has 4 nitrogen and oxygen atoms in total. The Labute approximate surface area is 204 Å². The highest BCUT2D eigenvalue weighted by atomic mass is 15.0. The van der Waals surface area contributed by atoms with Gasteiger partial charge in [0.25, 0.3) is 0 Å². The van der Waals surface area contributed by atoms with Gasteiger partial charge in [0.05, 0.1) is 5.52 Å². The van der Waals surface area contributed by atoms with E-state index in [4.69, 9.17) is 5.41 Å². The van der Waals surface area contributed by atoms with E-state index in [2.05, 4.69) is 89.9 Å². The van der Waals surface area contributed by atoms with Gasteiger partial charge in [0.15, 0.2) is 0 Å². The maximum atomic E-state index is 7.83. The van der Waals surface area contributed by atoms with Crippen LogP contribution in [0.25, 0.3) is 55.0 Å². The molecule has 3 aromatic carbocycles. The molecule has 6 rings (SSSR count). The van der Waals surface area contributed by atoms with E-state index in [1.54, 1.807) is 0 Å². The molecule has 0 aliphatic rings. The summed E-state index contributed by atoms with van der Waals surface area (Å²) in [7, 11) is 0. The molecule has 3 aromatic heterocycles. The monoisotopic (exact) mass is 456 g/mol. The average molecular weight is 457 g/mol. The molecule has 0 atom stereocenters. The van der Waals surface area contributed by atoms with E-state index in [1.807, 2.05) is 19.3 Å². The van der Waals surface area contributed by atoms with Gasteiger partial charge in [-0.25, -0.2) is 0 Å². The molecular weight excluding hydrogens is 428 g/mol. The normalized spacial score (nSPS) is 11.7. The van der Waals surface area contributed by atoms with Crippen LogP contribution in [0.4, 0.5) is 0 Å². The Bertz CT molecular complexity index is 1780. The van der Waals surface area contributed by atoms with Crippen LogP contribution in [-0.2, 0) is 6.54 Å². The van der Waals surface area contributed by atoms with Crippen molar-refractivity contribution in [1.29, 1.82) is 5.41 Å². The molecule has 0 aliphatic carbocycles. The van der Waals surface area contributed by atoms with Crippen LogP contribution in [0.3, 0.4) is 0 Å². The van der Waals surface area contributed by atoms with Crippen LogP contribution in [-0.4, -0.2) is 20.7 Å². The molecule has 0 unspecified atom stereocenters. The van der Waals surface area contributed by atoms with E-state index in [0.29, 0.717) is 0 Å². The number of nitrogens with zero attached hydrogens (tertiary/aromatic N) is 2. The minimum absolute atomic E-state index is 0.931. The number of aromatic amines is 1. The van der Waals surface area contributed by atoms with Crippen molar-refractivity contribution in [2.24, 2.45) is 0 Å². The fourth-order valence-corrected chi connectivity index (χ4v) is 5.59. The van der Waals surface area contributed by atoms with Gasteiger partial charge in [0.2, 0.25) is 0 Å². The number of H-pyrrole nitrogens is 1. The summed E-state index contributed by atoms with van der Waals surface area (Å²) >= 11 is 0. The van der Waals surface area contributed by atoms with Gasteiger partial charge >= 0.3 is 0 Å². The number of rotatable bonds is 4. The van der Waals surface area contributed by atoms with Gasteiger partial charge in [-0.1, -0.05) is 24.3 Å². The molecule has 6 aromatic rings. The minimum Gasteiger partial charge on any atom is -0.358 e. The lowest BCUT2D eigenvalue weighted by atomic mass is 9.91. The molecule has 172 valence electrons. The van der Waals surface area contributed by atoms with Crippen LogP contribution >= 0.6 is 0 Å². The molecule has 0 saturated heterocycles. The van der Waals surface area contributed by atoms with E-state index in [0.717, 1.165) is 28.7 Å². The summed E-state index contributed by atoms with van der Waals surface area (Å²) in [6.07, 6.45) is 5.30. The highest BCUT2D eigenvalue weighted by Crippen LogP contribution is 2.37. The van der Waals surface area contributed by atoms with Crippen molar-refractivity contribution < 1.29 is 0 Å². The van der Waals surface area contributed by atoms with Crippen molar-refractivity contribution in [2.75, 3.05) is 0 Å². The molecule has 0 fully saturated rings. The Kier molecular flexibility index (Phi) is 4.85. The lowest BCUT2D eigenvalue weighted by Crippen LogP contribution is -1.93. The second kappa shape index (κ2) is 7.95. The number of benzene rings is 3. The van der Waals surface area contributed by atoms with Crippen molar-refractivity contribution in [3.63, 3.8) is 0 Å². The third kappa shape index (κ3) is 3.21. The third-order valence-electron chi connectivity index (χ3n) is 7.36. The Balaban J connectivity index is 1.49. The summed E-state index contributed by atoms with van der Waals surface area (Å²) in [6, 6.07) is 20.0. The average Bonchev–Trinajstić information content (AvgIpc) is 3.37. The molecule has 0 radical (unpaired) electrons. The van der Waals surface area contributed by atoms with E-state index in [9.17, 15) is 0 Å². The van der Waals surface area contributed by atoms with Crippen LogP contribution in [0, 0.1) is 26.2 Å². The van der Waals surface area contributed by atoms with Gasteiger partial charge in [0, 0.05) is 63.6 Å². The lowest BCUT2D eigenvalue weighted by Gasteiger charge is -2.14. The Morgan fingerprint density at radius 1 is 0.829 bits per heavy atom. The Morgan fingerprint density at radius 2 is 1.49 bits per heavy atom. The largest absolute Gasteiger partial charge is 0.358 e. The topological polar surface area (TPSA) is 57.5 Å². The van der Waals surface area contributed by atoms with Crippen molar-refractivity contribution in [2.45, 2.75) is 34.2 Å². The summed E-state index contributed by atoms with van der Waals surface area (Å²) < 4.78 is 2.36. The molecule has 4 heteroatoms. The van der Waals surface area contributed by atoms with E-state index in [-0.39, 0.29) is 0 Å². The molecule has 0 bridgehead atoms. The van der Waals surface area contributed by atoms with Crippen LogP contribution in [0.5, 0.6) is 0 Å². The molecule has 0 saturated carbocycles. The lowest BCUT2D eigenvalue weighted by molar-refractivity contribution is 0.827. The number of nitrogens with one attached hydrogen (secondary N) is 2. The molecule has 3 heterocycles. The zero-order valence-electron chi connectivity index (χ0n) is 20.5. The summed E-state index contributed by atoms with van der Waals surface area (Å²) in [6.45, 7) is 9.53. The number of aryl methyl sites for hydroxylation is 4. The number of hydrogen-bond donors (Lipinski definition) is 2. The first-order valence-corrected chi connectivity index (χ1v) is 12.1. The predicted octanol–water partition coefficient (Wildman–Crippen LogP) is 7.95. The van der Waals surface area contributed by atoms with E-state index < -0.39 is 0 Å². The second-order valence-corrected chi connectivity index (χ2v) is 9.42. The summed E-state index contributed by atoms with van der Waals surface area (Å²) in [5.74, 6) is 0. The van der Waals surface area contributed by atoms with Gasteiger partial charge in [0.1, 0.15) is 0 Å². The van der Waals surface area contributed by atoms with Crippen molar-refractivity contribution in [3.05, 3.63) is 89.4 Å². The molecule has 0 aliphatic heterocycles. The first kappa shape index (κ1) is 21.4. The number of fused-ring (bicyclic) bond motifs is 4. The molecule has 0 amide bonds. The van der Waals surface area contributed by atoms with E-state index in [1.165, 1.54) is 61.4 Å². The maximum absolute atomic E-state index is 7.83. The maximum Gasteiger partial charge on any atom is 0.0522 e. The van der Waals surface area contributed by atoms with Crippen molar-refractivity contribution in [3.8, 4) is 22.3 Å². The zero-order chi connectivity index (χ0) is 24.3. The molecule has 0 spiro atoms. The van der Waals surface area contributed by atoms with Crippen molar-refractivity contribution >= 4 is 38.9 Å². The predicted molar refractivity (Wildman–Crippen MR) is 148 cm³/mol. The Morgan fingerprint density at radius 3 is 2.17 bits per heavy atom. The fourth-order valence-electron chi connectivity index (χ4n) is 5.59. The highest BCUT2D eigenvalue weighted by molar-refractivity contribution is 6.09. The second-order valence-electron chi connectivity index (χ2n) is 9.42. The quantitative estimate of drug-likeness (QED) is 0.260. The summed E-state index contributed by atoms with van der Waals surface area (Å²) in [5.41, 5.74) is 12.9. The van der Waals surface area contributed by atoms with Gasteiger partial charge in [-0.3, -0.25) is 4.98 Å². The van der Waals surface area contributed by atoms with Gasteiger partial charge in [-0.15, -0.1) is 0 Å². The fraction of sp³-hybridized carbons (Fsp3) is 0.161. The Hall–Kier alpha value is -4.18. The molecule has 2 N–H and O–H groups in total. The molecular formula is C31H28N4. The van der Waals surface area contributed by atoms with Gasteiger partial charge in [-0.2, -0.15) is 0 Å². The van der Waals surface area contributed by atoms with Gasteiger partial charge < -0.3 is 15.0 Å². The third-order valence-corrected chi connectivity index (χ3v) is 7.36. The summed E-state index contributed by atoms with van der Waals surface area (Å²) in [5, 5.41) is 11.4. The zero-order valence-corrected chi connectivity index (χ0v) is 20.5. The summed E-state index contributed by atoms with van der Waals surface area (Å²) in [4.78, 5) is 7.78. The van der Waals surface area contributed by atoms with Crippen LogP contribution < -0.4 is 0 Å².